The predicted octanol–water partition coefficient (Wildman–Crippen LogP) is 7.12. The van der Waals surface area contributed by atoms with Crippen molar-refractivity contribution < 1.29 is 28.0 Å². The number of nitrogens with zero attached hydrogens (tertiary/aromatic N) is 3. The van der Waals surface area contributed by atoms with Crippen LogP contribution in [0.25, 0.3) is 0 Å². The summed E-state index contributed by atoms with van der Waals surface area (Å²) in [6.45, 7) is 6.96. The smallest absolute Gasteiger partial charge is 0.286 e. The molecule has 12 heteroatoms. The molecule has 3 aliphatic heterocycles. The average Bonchev–Trinajstić information content (AvgIpc) is 3.48. The van der Waals surface area contributed by atoms with Crippen LogP contribution in [0.3, 0.4) is 0 Å². The predicted molar refractivity (Wildman–Crippen MR) is 206 cm³/mol. The molecule has 53 heavy (non-hydrogen) atoms. The first kappa shape index (κ1) is 36.3. The summed E-state index contributed by atoms with van der Waals surface area (Å²) in [7, 11) is -1.77. The van der Waals surface area contributed by atoms with Gasteiger partial charge in [0.1, 0.15) is 15.7 Å². The number of anilines is 1. The zero-order valence-electron chi connectivity index (χ0n) is 30.7. The highest BCUT2D eigenvalue weighted by Gasteiger charge is 2.44. The lowest BCUT2D eigenvalue weighted by Crippen LogP contribution is -2.49. The van der Waals surface area contributed by atoms with Crippen molar-refractivity contribution in [1.29, 1.82) is 0 Å². The molecule has 2 amide bonds. The minimum Gasteiger partial charge on any atom is -0.490 e. The maximum atomic E-state index is 14.7. The van der Waals surface area contributed by atoms with Crippen LogP contribution < -0.4 is 14.4 Å². The average molecular weight is 761 g/mol. The molecule has 2 aliphatic carbocycles. The molecular weight excluding hydrogens is 712 g/mol. The molecule has 1 N–H and O–H groups in total. The third-order valence-electron chi connectivity index (χ3n) is 12.0. The van der Waals surface area contributed by atoms with Crippen molar-refractivity contribution in [3.05, 3.63) is 93.8 Å². The maximum Gasteiger partial charge on any atom is 0.286 e. The fourth-order valence-electron chi connectivity index (χ4n) is 9.10. The van der Waals surface area contributed by atoms with Gasteiger partial charge in [-0.25, -0.2) is 4.21 Å². The molecule has 1 spiro atoms. The number of fused-ring (bicyclic) bond motifs is 5. The van der Waals surface area contributed by atoms with E-state index in [9.17, 15) is 13.8 Å². The van der Waals surface area contributed by atoms with Gasteiger partial charge >= 0.3 is 0 Å². The summed E-state index contributed by atoms with van der Waals surface area (Å²) in [6, 6.07) is 13.4. The summed E-state index contributed by atoms with van der Waals surface area (Å²) >= 11 is 6.47. The second-order valence-electron chi connectivity index (χ2n) is 15.9. The van der Waals surface area contributed by atoms with Crippen LogP contribution in [-0.4, -0.2) is 65.4 Å². The molecule has 1 fully saturated rings. The fourth-order valence-corrected chi connectivity index (χ4v) is 11.2. The van der Waals surface area contributed by atoms with Crippen molar-refractivity contribution in [2.24, 2.45) is 22.1 Å². The molecule has 2 bridgehead atoms. The Bertz CT molecular complexity index is 2070. The minimum atomic E-state index is -3.54. The van der Waals surface area contributed by atoms with Crippen LogP contribution in [0, 0.1) is 17.8 Å². The summed E-state index contributed by atoms with van der Waals surface area (Å²) in [5, 5.41) is 0.741. The summed E-state index contributed by atoms with van der Waals surface area (Å²) in [5.41, 5.74) is 4.64. The molecule has 5 aliphatic rings. The Morgan fingerprint density at radius 3 is 2.81 bits per heavy atom. The second-order valence-corrected chi connectivity index (χ2v) is 18.3. The highest BCUT2D eigenvalue weighted by molar-refractivity contribution is 7.92. The Labute approximate surface area is 317 Å². The van der Waals surface area contributed by atoms with E-state index in [0.29, 0.717) is 54.9 Å². The lowest BCUT2D eigenvalue weighted by Gasteiger charge is -2.46. The number of allylic oxidation sites excluding steroid dienone is 1. The second kappa shape index (κ2) is 14.5. The number of carbonyl (C=O) groups excluding carboxylic acids is 2. The molecule has 3 aromatic rings. The van der Waals surface area contributed by atoms with E-state index in [1.54, 1.807) is 25.4 Å². The van der Waals surface area contributed by atoms with E-state index >= 15 is 0 Å². The maximum absolute atomic E-state index is 14.7. The van der Waals surface area contributed by atoms with Crippen LogP contribution in [0.4, 0.5) is 5.69 Å². The molecule has 8 rings (SSSR count). The minimum absolute atomic E-state index is 0.0123. The van der Waals surface area contributed by atoms with Gasteiger partial charge in [-0.1, -0.05) is 36.7 Å². The van der Waals surface area contributed by atoms with E-state index in [4.69, 9.17) is 25.8 Å². The molecule has 7 atom stereocenters. The third kappa shape index (κ3) is 7.30. The first-order valence-corrected chi connectivity index (χ1v) is 21.0. The van der Waals surface area contributed by atoms with E-state index in [1.165, 1.54) is 11.1 Å². The van der Waals surface area contributed by atoms with Crippen molar-refractivity contribution in [3.63, 3.8) is 0 Å². The van der Waals surface area contributed by atoms with Crippen LogP contribution in [0.2, 0.25) is 5.02 Å². The summed E-state index contributed by atoms with van der Waals surface area (Å²) < 4.78 is 42.2. The molecule has 10 nitrogen and oxygen atoms in total. The number of benzene rings is 2. The topological polar surface area (TPSA) is 111 Å². The van der Waals surface area contributed by atoms with Gasteiger partial charge in [0.2, 0.25) is 0 Å². The molecule has 0 saturated heterocycles. The molecule has 1 aromatic heterocycles. The molecule has 2 aromatic carbocycles. The van der Waals surface area contributed by atoms with E-state index in [1.807, 2.05) is 36.6 Å². The number of aromatic nitrogens is 1. The number of hydrogen-bond donors (Lipinski definition) is 1. The van der Waals surface area contributed by atoms with E-state index in [0.717, 1.165) is 61.6 Å². The molecular formula is C41H49ClN4O6S. The summed E-state index contributed by atoms with van der Waals surface area (Å²) in [5.74, 6) is 0.134. The van der Waals surface area contributed by atoms with E-state index < -0.39 is 21.7 Å². The summed E-state index contributed by atoms with van der Waals surface area (Å²) in [6.07, 6.45) is 11.7. The monoisotopic (exact) mass is 760 g/mol. The molecule has 4 heterocycles. The van der Waals surface area contributed by atoms with Gasteiger partial charge in [0, 0.05) is 54.6 Å². The SMILES string of the molecule is CO[C@H]1/C=C\C[C@H](C)CS(=O)(NC(=O)c2cc3n(c2)C[C@H](C)OC3)=NC(=O)c2ccc3c(c2)N(C[C@@H]2CC[C@H]21)C[C@@]1(CCCc2cc(Cl)ccc21)CO3. The first-order chi connectivity index (χ1) is 25.5. The summed E-state index contributed by atoms with van der Waals surface area (Å²) in [4.78, 5) is 30.2. The van der Waals surface area contributed by atoms with Crippen LogP contribution >= 0.6 is 11.6 Å². The number of ether oxygens (including phenoxy) is 3. The normalized spacial score (nSPS) is 31.8. The van der Waals surface area contributed by atoms with Crippen molar-refractivity contribution in [2.45, 2.75) is 83.1 Å². The van der Waals surface area contributed by atoms with Crippen molar-refractivity contribution in [1.82, 2.24) is 9.29 Å². The zero-order valence-corrected chi connectivity index (χ0v) is 32.3. The van der Waals surface area contributed by atoms with Crippen LogP contribution in [0.5, 0.6) is 5.75 Å². The Hall–Kier alpha value is -3.64. The number of carbonyl (C=O) groups is 2. The van der Waals surface area contributed by atoms with Gasteiger partial charge < -0.3 is 23.7 Å². The number of rotatable bonds is 3. The molecule has 1 saturated carbocycles. The number of methoxy groups -OCH3 is 1. The van der Waals surface area contributed by atoms with Crippen LogP contribution in [0.1, 0.15) is 83.5 Å². The van der Waals surface area contributed by atoms with Crippen molar-refractivity contribution in [3.8, 4) is 5.75 Å². The number of hydrogen-bond acceptors (Lipinski definition) is 7. The largest absolute Gasteiger partial charge is 0.490 e. The number of nitrogens with one attached hydrogen (secondary N) is 1. The quantitative estimate of drug-likeness (QED) is 0.283. The van der Waals surface area contributed by atoms with Gasteiger partial charge in [0.05, 0.1) is 42.4 Å². The fraction of sp³-hybridized carbons (Fsp3) is 0.512. The van der Waals surface area contributed by atoms with Gasteiger partial charge in [-0.2, -0.15) is 0 Å². The third-order valence-corrected chi connectivity index (χ3v) is 14.2. The van der Waals surface area contributed by atoms with Gasteiger partial charge in [-0.15, -0.1) is 4.36 Å². The van der Waals surface area contributed by atoms with E-state index in [2.05, 4.69) is 38.3 Å². The molecule has 0 radical (unpaired) electrons. The molecule has 1 unspecified atom stereocenters. The van der Waals surface area contributed by atoms with Gasteiger partial charge in [0.25, 0.3) is 11.8 Å². The highest BCUT2D eigenvalue weighted by atomic mass is 35.5. The number of amides is 2. The Kier molecular flexibility index (Phi) is 9.97. The van der Waals surface area contributed by atoms with Crippen molar-refractivity contribution in [2.75, 3.05) is 37.5 Å². The van der Waals surface area contributed by atoms with Gasteiger partial charge in [-0.3, -0.25) is 14.3 Å². The molecule has 282 valence electrons. The van der Waals surface area contributed by atoms with Crippen LogP contribution in [-0.2, 0) is 44.4 Å². The first-order valence-electron chi connectivity index (χ1n) is 18.9. The Morgan fingerprint density at radius 2 is 2.00 bits per heavy atom. The Balaban J connectivity index is 1.18. The lowest BCUT2D eigenvalue weighted by atomic mass is 9.68. The standard InChI is InChI=1S/C41H49ClN4O6S/c1-26-6-4-8-37(50-3)34-12-9-30(34)20-46-24-41(15-5-7-28-16-32(42)11-13-35(28)41)25-52-38-14-10-29(18-36(38)46)39(47)43-53(49,23-26)44-40(48)31-17-33-22-51-27(2)19-45(33)21-31/h4,8,10-11,13-14,16-18,21,26-27,30,34,37H,5-7,9,12,15,19-20,22-25H2,1-3H3,(H,43,44,47,48,49)/b8-4-/t26-,27-,30-,34+,37-,41-,53?/m0/s1. The van der Waals surface area contributed by atoms with Gasteiger partial charge in [-0.05, 0) is 111 Å². The van der Waals surface area contributed by atoms with E-state index in [-0.39, 0.29) is 29.3 Å². The number of halogens is 1. The van der Waals surface area contributed by atoms with Crippen LogP contribution in [0.15, 0.2) is 65.2 Å². The lowest BCUT2D eigenvalue weighted by molar-refractivity contribution is 0.0131. The highest BCUT2D eigenvalue weighted by Crippen LogP contribution is 2.47. The zero-order chi connectivity index (χ0) is 36.9. The Morgan fingerprint density at radius 1 is 1.13 bits per heavy atom. The number of aryl methyl sites for hydroxylation is 1. The van der Waals surface area contributed by atoms with Gasteiger partial charge in [0.15, 0.2) is 0 Å². The van der Waals surface area contributed by atoms with Crippen molar-refractivity contribution >= 4 is 39.0 Å².